The highest BCUT2D eigenvalue weighted by molar-refractivity contribution is 5.83. The summed E-state index contributed by atoms with van der Waals surface area (Å²) in [4.78, 5) is 23.1. The maximum atomic E-state index is 11.5. The maximum Gasteiger partial charge on any atom is 0.219 e. The fourth-order valence-electron chi connectivity index (χ4n) is 2.11. The van der Waals surface area contributed by atoms with E-state index in [1.807, 2.05) is 14.0 Å². The molecule has 0 rings (SSSR count). The van der Waals surface area contributed by atoms with E-state index in [4.69, 9.17) is 5.73 Å². The van der Waals surface area contributed by atoms with Crippen LogP contribution < -0.4 is 16.4 Å². The molecule has 0 aliphatic rings. The van der Waals surface area contributed by atoms with Crippen LogP contribution in [0.4, 0.5) is 0 Å². The van der Waals surface area contributed by atoms with Crippen molar-refractivity contribution in [3.05, 3.63) is 0 Å². The molecule has 0 aromatic rings. The van der Waals surface area contributed by atoms with Crippen molar-refractivity contribution in [1.29, 1.82) is 0 Å². The SMILES string of the molecule is CCC(=O)[C@H](CCCCNC(=O)CCCCCN)NC. The molecule has 118 valence electrons. The number of hydrogen-bond acceptors (Lipinski definition) is 4. The van der Waals surface area contributed by atoms with Crippen LogP contribution in [0, 0.1) is 0 Å². The lowest BCUT2D eigenvalue weighted by Gasteiger charge is -2.13. The second kappa shape index (κ2) is 13.1. The number of likely N-dealkylation sites (N-methyl/N-ethyl adjacent to an activating group) is 1. The van der Waals surface area contributed by atoms with Crippen LogP contribution in [0.1, 0.15) is 58.3 Å². The van der Waals surface area contributed by atoms with Gasteiger partial charge in [-0.25, -0.2) is 0 Å². The summed E-state index contributed by atoms with van der Waals surface area (Å²) < 4.78 is 0. The first-order valence-electron chi connectivity index (χ1n) is 7.82. The monoisotopic (exact) mass is 285 g/mol. The molecule has 4 N–H and O–H groups in total. The lowest BCUT2D eigenvalue weighted by molar-refractivity contribution is -0.122. The van der Waals surface area contributed by atoms with Crippen molar-refractivity contribution in [3.8, 4) is 0 Å². The molecule has 0 saturated heterocycles. The zero-order valence-electron chi connectivity index (χ0n) is 13.0. The van der Waals surface area contributed by atoms with E-state index < -0.39 is 0 Å². The molecule has 0 bridgehead atoms. The number of carbonyl (C=O) groups excluding carboxylic acids is 2. The van der Waals surface area contributed by atoms with E-state index in [0.29, 0.717) is 25.9 Å². The van der Waals surface area contributed by atoms with E-state index in [9.17, 15) is 9.59 Å². The maximum absolute atomic E-state index is 11.5. The Kier molecular flexibility index (Phi) is 12.4. The number of rotatable bonds is 13. The predicted octanol–water partition coefficient (Wildman–Crippen LogP) is 1.36. The molecule has 0 radical (unpaired) electrons. The molecule has 0 saturated carbocycles. The Morgan fingerprint density at radius 3 is 2.45 bits per heavy atom. The van der Waals surface area contributed by atoms with Gasteiger partial charge in [0.25, 0.3) is 0 Å². The Hall–Kier alpha value is -0.940. The van der Waals surface area contributed by atoms with Gasteiger partial charge in [-0.15, -0.1) is 0 Å². The van der Waals surface area contributed by atoms with Gasteiger partial charge >= 0.3 is 0 Å². The predicted molar refractivity (Wildman–Crippen MR) is 82.5 cm³/mol. The van der Waals surface area contributed by atoms with E-state index >= 15 is 0 Å². The van der Waals surface area contributed by atoms with Crippen LogP contribution in [0.15, 0.2) is 0 Å². The van der Waals surface area contributed by atoms with Gasteiger partial charge in [-0.3, -0.25) is 9.59 Å². The number of amides is 1. The first-order valence-corrected chi connectivity index (χ1v) is 7.82. The van der Waals surface area contributed by atoms with Crippen LogP contribution in [0.25, 0.3) is 0 Å². The van der Waals surface area contributed by atoms with Crippen LogP contribution in [0.5, 0.6) is 0 Å². The summed E-state index contributed by atoms with van der Waals surface area (Å²) in [6.07, 6.45) is 6.80. The normalized spacial score (nSPS) is 12.2. The zero-order chi connectivity index (χ0) is 15.2. The average molecular weight is 285 g/mol. The largest absolute Gasteiger partial charge is 0.356 e. The van der Waals surface area contributed by atoms with Gasteiger partial charge in [0.1, 0.15) is 5.78 Å². The van der Waals surface area contributed by atoms with E-state index in [1.54, 1.807) is 0 Å². The van der Waals surface area contributed by atoms with Crippen molar-refractivity contribution < 1.29 is 9.59 Å². The molecular weight excluding hydrogens is 254 g/mol. The molecule has 1 amide bonds. The Morgan fingerprint density at radius 2 is 1.85 bits per heavy atom. The number of nitrogens with two attached hydrogens (primary N) is 1. The molecule has 0 spiro atoms. The molecule has 5 nitrogen and oxygen atoms in total. The lowest BCUT2D eigenvalue weighted by atomic mass is 10.0. The molecule has 0 fully saturated rings. The van der Waals surface area contributed by atoms with Crippen LogP contribution in [0.3, 0.4) is 0 Å². The minimum Gasteiger partial charge on any atom is -0.356 e. The Bertz CT molecular complexity index is 270. The molecule has 0 heterocycles. The number of hydrogen-bond donors (Lipinski definition) is 3. The molecule has 0 aliphatic carbocycles. The van der Waals surface area contributed by atoms with Crippen molar-refractivity contribution in [1.82, 2.24) is 10.6 Å². The number of Topliss-reactive ketones (excluding diaryl/α,β-unsaturated/α-hetero) is 1. The van der Waals surface area contributed by atoms with Crippen molar-refractivity contribution in [2.75, 3.05) is 20.1 Å². The summed E-state index contributed by atoms with van der Waals surface area (Å²) in [5.41, 5.74) is 5.40. The fourth-order valence-corrected chi connectivity index (χ4v) is 2.11. The van der Waals surface area contributed by atoms with E-state index in [2.05, 4.69) is 10.6 Å². The summed E-state index contributed by atoms with van der Waals surface area (Å²) in [5.74, 6) is 0.383. The minimum absolute atomic E-state index is 0.0352. The highest BCUT2D eigenvalue weighted by atomic mass is 16.1. The molecule has 0 aliphatic heterocycles. The highest BCUT2D eigenvalue weighted by Gasteiger charge is 2.13. The lowest BCUT2D eigenvalue weighted by Crippen LogP contribution is -2.33. The zero-order valence-corrected chi connectivity index (χ0v) is 13.0. The second-order valence-electron chi connectivity index (χ2n) is 5.11. The van der Waals surface area contributed by atoms with Crippen LogP contribution in [0.2, 0.25) is 0 Å². The first kappa shape index (κ1) is 19.1. The van der Waals surface area contributed by atoms with Gasteiger partial charge in [-0.1, -0.05) is 13.3 Å². The standard InChI is InChI=1S/C15H31N3O2/c1-3-14(19)13(17-2)9-6-8-12-18-15(20)10-5-4-7-11-16/h13,17H,3-12,16H2,1-2H3,(H,18,20)/t13-/m0/s1. The minimum atomic E-state index is -0.0352. The van der Waals surface area contributed by atoms with Crippen LogP contribution >= 0.6 is 0 Å². The second-order valence-corrected chi connectivity index (χ2v) is 5.11. The van der Waals surface area contributed by atoms with Gasteiger partial charge in [0, 0.05) is 19.4 Å². The summed E-state index contributed by atoms with van der Waals surface area (Å²) in [7, 11) is 1.82. The topological polar surface area (TPSA) is 84.2 Å². The molecular formula is C15H31N3O2. The number of unbranched alkanes of at least 4 members (excludes halogenated alkanes) is 3. The van der Waals surface area contributed by atoms with E-state index in [-0.39, 0.29) is 17.7 Å². The number of ketones is 1. The third-order valence-corrected chi connectivity index (χ3v) is 3.44. The quantitative estimate of drug-likeness (QED) is 0.446. The van der Waals surface area contributed by atoms with Gasteiger partial charge in [-0.2, -0.15) is 0 Å². The third-order valence-electron chi connectivity index (χ3n) is 3.44. The Morgan fingerprint density at radius 1 is 1.10 bits per heavy atom. The molecule has 0 aromatic carbocycles. The molecule has 0 aromatic heterocycles. The highest BCUT2D eigenvalue weighted by Crippen LogP contribution is 2.03. The Labute approximate surface area is 123 Å². The molecule has 1 atom stereocenters. The first-order chi connectivity index (χ1) is 9.65. The van der Waals surface area contributed by atoms with Crippen LogP contribution in [-0.4, -0.2) is 37.9 Å². The van der Waals surface area contributed by atoms with Gasteiger partial charge in [0.15, 0.2) is 0 Å². The fraction of sp³-hybridized carbons (Fsp3) is 0.867. The summed E-state index contributed by atoms with van der Waals surface area (Å²) in [6.45, 7) is 3.29. The number of nitrogens with one attached hydrogen (secondary N) is 2. The van der Waals surface area contributed by atoms with Crippen molar-refractivity contribution in [2.45, 2.75) is 64.3 Å². The van der Waals surface area contributed by atoms with Crippen molar-refractivity contribution >= 4 is 11.7 Å². The third kappa shape index (κ3) is 9.92. The Balaban J connectivity index is 3.51. The van der Waals surface area contributed by atoms with Crippen molar-refractivity contribution in [3.63, 3.8) is 0 Å². The van der Waals surface area contributed by atoms with Gasteiger partial charge in [0.05, 0.1) is 6.04 Å². The van der Waals surface area contributed by atoms with Crippen molar-refractivity contribution in [2.24, 2.45) is 5.73 Å². The smallest absolute Gasteiger partial charge is 0.219 e. The summed E-state index contributed by atoms with van der Waals surface area (Å²) >= 11 is 0. The number of carbonyl (C=O) groups is 2. The molecule has 5 heteroatoms. The van der Waals surface area contributed by atoms with Crippen LogP contribution in [-0.2, 0) is 9.59 Å². The van der Waals surface area contributed by atoms with Gasteiger partial charge in [-0.05, 0) is 45.7 Å². The average Bonchev–Trinajstić information content (AvgIpc) is 2.46. The summed E-state index contributed by atoms with van der Waals surface area (Å²) in [6, 6.07) is -0.0352. The van der Waals surface area contributed by atoms with E-state index in [0.717, 1.165) is 38.5 Å². The molecule has 20 heavy (non-hydrogen) atoms. The molecule has 0 unspecified atom stereocenters. The van der Waals surface area contributed by atoms with Gasteiger partial charge < -0.3 is 16.4 Å². The summed E-state index contributed by atoms with van der Waals surface area (Å²) in [5, 5.41) is 5.96. The van der Waals surface area contributed by atoms with Gasteiger partial charge in [0.2, 0.25) is 5.91 Å². The van der Waals surface area contributed by atoms with E-state index in [1.165, 1.54) is 0 Å².